The summed E-state index contributed by atoms with van der Waals surface area (Å²) in [5.41, 5.74) is 2.09. The lowest BCUT2D eigenvalue weighted by molar-refractivity contribution is 0.230. The first-order chi connectivity index (χ1) is 10.2. The topological polar surface area (TPSA) is 34.1 Å². The zero-order valence-corrected chi connectivity index (χ0v) is 14.2. The van der Waals surface area contributed by atoms with Gasteiger partial charge in [0.1, 0.15) is 5.75 Å². The molecule has 0 saturated carbocycles. The van der Waals surface area contributed by atoms with E-state index in [4.69, 9.17) is 4.74 Å². The summed E-state index contributed by atoms with van der Waals surface area (Å²) in [7, 11) is 0. The van der Waals surface area contributed by atoms with Gasteiger partial charge in [0, 0.05) is 12.2 Å². The van der Waals surface area contributed by atoms with Crippen LogP contribution >= 0.6 is 0 Å². The zero-order valence-electron chi connectivity index (χ0n) is 14.2. The summed E-state index contributed by atoms with van der Waals surface area (Å²) in [5, 5.41) is 3.41. The summed E-state index contributed by atoms with van der Waals surface area (Å²) in [6.07, 6.45) is 6.13. The Labute approximate surface area is 130 Å². The van der Waals surface area contributed by atoms with Crippen molar-refractivity contribution < 1.29 is 4.74 Å². The highest BCUT2D eigenvalue weighted by atomic mass is 16.5. The van der Waals surface area contributed by atoms with E-state index in [1.54, 1.807) is 0 Å². The average molecular weight is 292 g/mol. The largest absolute Gasteiger partial charge is 0.491 e. The van der Waals surface area contributed by atoms with E-state index in [1.807, 2.05) is 13.0 Å². The molecule has 0 aromatic carbocycles. The molecule has 1 heterocycles. The molecular formula is C18H32N2O. The van der Waals surface area contributed by atoms with Crippen molar-refractivity contribution >= 4 is 0 Å². The van der Waals surface area contributed by atoms with E-state index in [2.05, 4.69) is 37.1 Å². The summed E-state index contributed by atoms with van der Waals surface area (Å²) in [4.78, 5) is 4.62. The maximum atomic E-state index is 6.07. The van der Waals surface area contributed by atoms with Gasteiger partial charge in [-0.05, 0) is 44.4 Å². The highest BCUT2D eigenvalue weighted by molar-refractivity contribution is 5.29. The van der Waals surface area contributed by atoms with Crippen molar-refractivity contribution in [2.75, 3.05) is 13.2 Å². The normalized spacial score (nSPS) is 12.4. The Kier molecular flexibility index (Phi) is 9.07. The fourth-order valence-corrected chi connectivity index (χ4v) is 2.35. The van der Waals surface area contributed by atoms with Gasteiger partial charge >= 0.3 is 0 Å². The molecule has 0 radical (unpaired) electrons. The van der Waals surface area contributed by atoms with Gasteiger partial charge in [0.05, 0.1) is 12.3 Å². The van der Waals surface area contributed by atoms with E-state index >= 15 is 0 Å². The number of ether oxygens (including phenoxy) is 1. The molecule has 0 saturated heterocycles. The molecule has 1 aromatic rings. The van der Waals surface area contributed by atoms with Gasteiger partial charge in [-0.2, -0.15) is 0 Å². The van der Waals surface area contributed by atoms with E-state index in [-0.39, 0.29) is 0 Å². The maximum Gasteiger partial charge on any atom is 0.142 e. The van der Waals surface area contributed by atoms with Crippen LogP contribution in [0.2, 0.25) is 0 Å². The van der Waals surface area contributed by atoms with Crippen LogP contribution in [0.3, 0.4) is 0 Å². The van der Waals surface area contributed by atoms with Crippen molar-refractivity contribution in [3.8, 4) is 5.75 Å². The Balaban J connectivity index is 2.59. The van der Waals surface area contributed by atoms with Crippen LogP contribution in [0.15, 0.2) is 12.1 Å². The van der Waals surface area contributed by atoms with Crippen LogP contribution in [0.4, 0.5) is 0 Å². The van der Waals surface area contributed by atoms with Crippen LogP contribution in [0.1, 0.15) is 64.3 Å². The van der Waals surface area contributed by atoms with Gasteiger partial charge in [-0.15, -0.1) is 0 Å². The van der Waals surface area contributed by atoms with E-state index < -0.39 is 0 Å². The molecule has 120 valence electrons. The van der Waals surface area contributed by atoms with Gasteiger partial charge < -0.3 is 10.1 Å². The third-order valence-electron chi connectivity index (χ3n) is 3.81. The summed E-state index contributed by atoms with van der Waals surface area (Å²) >= 11 is 0. The molecular weight excluding hydrogens is 260 g/mol. The first-order valence-electron chi connectivity index (χ1n) is 8.51. The summed E-state index contributed by atoms with van der Waals surface area (Å²) in [5.74, 6) is 1.60. The van der Waals surface area contributed by atoms with Gasteiger partial charge in [-0.1, -0.05) is 40.0 Å². The van der Waals surface area contributed by atoms with Crippen molar-refractivity contribution in [3.63, 3.8) is 0 Å². The Morgan fingerprint density at radius 3 is 2.67 bits per heavy atom. The maximum absolute atomic E-state index is 6.07. The van der Waals surface area contributed by atoms with Crippen molar-refractivity contribution in [1.29, 1.82) is 0 Å². The molecule has 0 aliphatic rings. The highest BCUT2D eigenvalue weighted by Crippen LogP contribution is 2.20. The molecule has 0 bridgehead atoms. The van der Waals surface area contributed by atoms with Crippen LogP contribution in [-0.2, 0) is 6.54 Å². The first-order valence-corrected chi connectivity index (χ1v) is 8.51. The fraction of sp³-hybridized carbons (Fsp3) is 0.722. The first kappa shape index (κ1) is 18.0. The third kappa shape index (κ3) is 6.94. The Bertz CT molecular complexity index is 393. The lowest BCUT2D eigenvalue weighted by Crippen LogP contribution is -2.17. The molecule has 0 fully saturated rings. The number of rotatable bonds is 11. The van der Waals surface area contributed by atoms with E-state index in [1.165, 1.54) is 25.7 Å². The smallest absolute Gasteiger partial charge is 0.142 e. The minimum atomic E-state index is 0.655. The second-order valence-electron chi connectivity index (χ2n) is 5.80. The number of aromatic nitrogens is 1. The second kappa shape index (κ2) is 10.6. The number of pyridine rings is 1. The van der Waals surface area contributed by atoms with Crippen molar-refractivity contribution in [1.82, 2.24) is 10.3 Å². The second-order valence-corrected chi connectivity index (χ2v) is 5.80. The van der Waals surface area contributed by atoms with Crippen molar-refractivity contribution in [3.05, 3.63) is 23.5 Å². The molecule has 1 atom stereocenters. The van der Waals surface area contributed by atoms with Crippen LogP contribution in [-0.4, -0.2) is 18.1 Å². The molecule has 0 aliphatic carbocycles. The van der Waals surface area contributed by atoms with Crippen molar-refractivity contribution in [2.45, 2.75) is 66.3 Å². The molecule has 1 rings (SSSR count). The standard InChI is InChI=1S/C18H32N2O/c1-5-8-9-16(7-3)14-21-18-11-10-15(4)20-17(18)13-19-12-6-2/h10-11,16,19H,5-9,12-14H2,1-4H3. The van der Waals surface area contributed by atoms with E-state index in [0.29, 0.717) is 5.92 Å². The van der Waals surface area contributed by atoms with E-state index in [0.717, 1.165) is 43.3 Å². The van der Waals surface area contributed by atoms with Gasteiger partial charge in [0.2, 0.25) is 0 Å². The molecule has 1 N–H and O–H groups in total. The fourth-order valence-electron chi connectivity index (χ4n) is 2.35. The minimum absolute atomic E-state index is 0.655. The van der Waals surface area contributed by atoms with Crippen LogP contribution in [0, 0.1) is 12.8 Å². The summed E-state index contributed by atoms with van der Waals surface area (Å²) in [6, 6.07) is 4.10. The van der Waals surface area contributed by atoms with Crippen LogP contribution in [0.25, 0.3) is 0 Å². The predicted molar refractivity (Wildman–Crippen MR) is 89.8 cm³/mol. The SMILES string of the molecule is CCCCC(CC)COc1ccc(C)nc1CNCCC. The number of unbranched alkanes of at least 4 members (excludes halogenated alkanes) is 1. The number of hydrogen-bond donors (Lipinski definition) is 1. The quantitative estimate of drug-likeness (QED) is 0.610. The molecule has 21 heavy (non-hydrogen) atoms. The van der Waals surface area contributed by atoms with Gasteiger partial charge in [0.25, 0.3) is 0 Å². The Hall–Kier alpha value is -1.09. The number of nitrogens with one attached hydrogen (secondary N) is 1. The van der Waals surface area contributed by atoms with Crippen LogP contribution < -0.4 is 10.1 Å². The molecule has 3 heteroatoms. The molecule has 0 aliphatic heterocycles. The van der Waals surface area contributed by atoms with Gasteiger partial charge in [-0.3, -0.25) is 4.98 Å². The zero-order chi connectivity index (χ0) is 15.5. The molecule has 1 unspecified atom stereocenters. The monoisotopic (exact) mass is 292 g/mol. The molecule has 0 spiro atoms. The Morgan fingerprint density at radius 1 is 1.19 bits per heavy atom. The molecule has 3 nitrogen and oxygen atoms in total. The average Bonchev–Trinajstić information content (AvgIpc) is 2.49. The number of aryl methyl sites for hydroxylation is 1. The van der Waals surface area contributed by atoms with Gasteiger partial charge in [-0.25, -0.2) is 0 Å². The predicted octanol–water partition coefficient (Wildman–Crippen LogP) is 4.48. The number of hydrogen-bond acceptors (Lipinski definition) is 3. The lowest BCUT2D eigenvalue weighted by Gasteiger charge is -2.17. The van der Waals surface area contributed by atoms with Crippen molar-refractivity contribution in [2.24, 2.45) is 5.92 Å². The van der Waals surface area contributed by atoms with E-state index in [9.17, 15) is 0 Å². The molecule has 0 amide bonds. The summed E-state index contributed by atoms with van der Waals surface area (Å²) in [6.45, 7) is 11.3. The Morgan fingerprint density at radius 2 is 2.00 bits per heavy atom. The highest BCUT2D eigenvalue weighted by Gasteiger charge is 2.10. The lowest BCUT2D eigenvalue weighted by atomic mass is 10.0. The summed E-state index contributed by atoms with van der Waals surface area (Å²) < 4.78 is 6.07. The number of nitrogens with zero attached hydrogens (tertiary/aromatic N) is 1. The van der Waals surface area contributed by atoms with Crippen LogP contribution in [0.5, 0.6) is 5.75 Å². The van der Waals surface area contributed by atoms with Gasteiger partial charge in [0.15, 0.2) is 0 Å². The molecule has 1 aromatic heterocycles. The minimum Gasteiger partial charge on any atom is -0.491 e. The third-order valence-corrected chi connectivity index (χ3v) is 3.81.